The number of oxazole rings is 1. The molecule has 4 rings (SSSR count). The van der Waals surface area contributed by atoms with Crippen molar-refractivity contribution in [3.63, 3.8) is 0 Å². The van der Waals surface area contributed by atoms with E-state index in [4.69, 9.17) is 9.15 Å². The van der Waals surface area contributed by atoms with Gasteiger partial charge in [0.1, 0.15) is 11.8 Å². The first-order valence-corrected chi connectivity index (χ1v) is 10.3. The van der Waals surface area contributed by atoms with Crippen molar-refractivity contribution in [2.75, 3.05) is 25.1 Å². The molecule has 2 aromatic carbocycles. The largest absolute Gasteiger partial charge is 0.497 e. The van der Waals surface area contributed by atoms with Gasteiger partial charge in [-0.25, -0.2) is 0 Å². The van der Waals surface area contributed by atoms with Gasteiger partial charge in [0, 0.05) is 19.2 Å². The van der Waals surface area contributed by atoms with Gasteiger partial charge >= 0.3 is 0 Å². The normalized spacial score (nSPS) is 14.7. The number of methoxy groups -OCH3 is 1. The summed E-state index contributed by atoms with van der Waals surface area (Å²) in [5.74, 6) is 2.47. The van der Waals surface area contributed by atoms with E-state index < -0.39 is 0 Å². The van der Waals surface area contributed by atoms with Crippen molar-refractivity contribution in [1.82, 2.24) is 4.98 Å². The average molecular weight is 399 g/mol. The number of ether oxygens (including phenoxy) is 1. The molecule has 30 heavy (non-hydrogen) atoms. The average Bonchev–Trinajstić information content (AvgIpc) is 3.22. The van der Waals surface area contributed by atoms with Crippen molar-refractivity contribution in [2.24, 2.45) is 5.92 Å². The first-order chi connectivity index (χ1) is 14.7. The molecule has 0 radical (unpaired) electrons. The minimum absolute atomic E-state index is 0.349. The third kappa shape index (κ3) is 4.72. The molecule has 1 saturated heterocycles. The van der Waals surface area contributed by atoms with Crippen molar-refractivity contribution in [2.45, 2.75) is 19.3 Å². The standard InChI is InChI=1S/C25H25N3O2/c1-29-22-9-5-8-20(17-22)10-11-24-27-23(18-26)25(30-24)28-14-12-21(13-15-28)16-19-6-3-2-4-7-19/h2-11,17,21H,12-16H2,1H3. The van der Waals surface area contributed by atoms with Crippen LogP contribution in [0.25, 0.3) is 12.2 Å². The first kappa shape index (κ1) is 19.8. The maximum Gasteiger partial charge on any atom is 0.235 e. The number of hydrogen-bond acceptors (Lipinski definition) is 5. The number of piperidine rings is 1. The van der Waals surface area contributed by atoms with E-state index in [1.54, 1.807) is 13.2 Å². The van der Waals surface area contributed by atoms with Gasteiger partial charge in [0.2, 0.25) is 17.5 Å². The van der Waals surface area contributed by atoms with Gasteiger partial charge in [0.15, 0.2) is 0 Å². The van der Waals surface area contributed by atoms with Gasteiger partial charge in [0.25, 0.3) is 0 Å². The maximum absolute atomic E-state index is 9.52. The van der Waals surface area contributed by atoms with Crippen LogP contribution in [0.5, 0.6) is 5.75 Å². The van der Waals surface area contributed by atoms with Crippen LogP contribution in [0.3, 0.4) is 0 Å². The van der Waals surface area contributed by atoms with Crippen molar-refractivity contribution >= 4 is 18.0 Å². The minimum atomic E-state index is 0.349. The molecule has 1 aromatic heterocycles. The zero-order chi connectivity index (χ0) is 20.8. The quantitative estimate of drug-likeness (QED) is 0.571. The molecule has 0 saturated carbocycles. The van der Waals surface area contributed by atoms with Crippen molar-refractivity contribution in [3.05, 3.63) is 77.3 Å². The van der Waals surface area contributed by atoms with Crippen molar-refractivity contribution in [3.8, 4) is 11.8 Å². The molecular formula is C25H25N3O2. The first-order valence-electron chi connectivity index (χ1n) is 10.3. The zero-order valence-electron chi connectivity index (χ0n) is 17.1. The molecule has 152 valence electrons. The number of nitrogens with zero attached hydrogens (tertiary/aromatic N) is 3. The van der Waals surface area contributed by atoms with Gasteiger partial charge in [-0.1, -0.05) is 42.5 Å². The fourth-order valence-electron chi connectivity index (χ4n) is 3.89. The number of aromatic nitrogens is 1. The fourth-order valence-corrected chi connectivity index (χ4v) is 3.89. The van der Waals surface area contributed by atoms with Crippen LogP contribution in [0.2, 0.25) is 0 Å². The monoisotopic (exact) mass is 399 g/mol. The summed E-state index contributed by atoms with van der Waals surface area (Å²) >= 11 is 0. The Hall–Kier alpha value is -3.52. The number of nitriles is 1. The third-order valence-corrected chi connectivity index (χ3v) is 5.51. The summed E-state index contributed by atoms with van der Waals surface area (Å²) in [7, 11) is 1.64. The Balaban J connectivity index is 1.42. The van der Waals surface area contributed by atoms with E-state index in [-0.39, 0.29) is 0 Å². The highest BCUT2D eigenvalue weighted by Crippen LogP contribution is 2.29. The van der Waals surface area contributed by atoms with Crippen LogP contribution in [0, 0.1) is 17.2 Å². The van der Waals surface area contributed by atoms with E-state index in [1.807, 2.05) is 30.3 Å². The molecule has 5 heteroatoms. The molecule has 0 spiro atoms. The molecule has 0 unspecified atom stereocenters. The predicted molar refractivity (Wildman–Crippen MR) is 118 cm³/mol. The Morgan fingerprint density at radius 3 is 2.67 bits per heavy atom. The summed E-state index contributed by atoms with van der Waals surface area (Å²) in [4.78, 5) is 6.51. The molecular weight excluding hydrogens is 374 g/mol. The van der Waals surface area contributed by atoms with Crippen LogP contribution in [-0.2, 0) is 6.42 Å². The Labute approximate surface area is 177 Å². The topological polar surface area (TPSA) is 62.3 Å². The lowest BCUT2D eigenvalue weighted by molar-refractivity contribution is 0.387. The Morgan fingerprint density at radius 1 is 1.13 bits per heavy atom. The molecule has 0 amide bonds. The summed E-state index contributed by atoms with van der Waals surface area (Å²) in [5, 5.41) is 9.52. The smallest absolute Gasteiger partial charge is 0.235 e. The van der Waals surface area contributed by atoms with E-state index >= 15 is 0 Å². The summed E-state index contributed by atoms with van der Waals surface area (Å²) in [6.45, 7) is 1.75. The minimum Gasteiger partial charge on any atom is -0.497 e. The number of hydrogen-bond donors (Lipinski definition) is 0. The molecule has 5 nitrogen and oxygen atoms in total. The highest BCUT2D eigenvalue weighted by molar-refractivity contribution is 5.68. The summed E-state index contributed by atoms with van der Waals surface area (Å²) in [6.07, 6.45) is 6.96. The second-order valence-electron chi connectivity index (χ2n) is 7.55. The highest BCUT2D eigenvalue weighted by atomic mass is 16.5. The molecule has 3 aromatic rings. The maximum atomic E-state index is 9.52. The number of benzene rings is 2. The SMILES string of the molecule is COc1cccc(C=Cc2nc(C#N)c(N3CCC(Cc4ccccc4)CC3)o2)c1. The van der Waals surface area contributed by atoms with Crippen LogP contribution in [0.15, 0.2) is 59.0 Å². The van der Waals surface area contributed by atoms with Gasteiger partial charge < -0.3 is 14.1 Å². The number of rotatable bonds is 6. The Kier molecular flexibility index (Phi) is 6.14. The van der Waals surface area contributed by atoms with E-state index in [9.17, 15) is 5.26 Å². The van der Waals surface area contributed by atoms with Crippen LogP contribution >= 0.6 is 0 Å². The highest BCUT2D eigenvalue weighted by Gasteiger charge is 2.25. The predicted octanol–water partition coefficient (Wildman–Crippen LogP) is 5.18. The number of anilines is 1. The van der Waals surface area contributed by atoms with Crippen LogP contribution in [0.4, 0.5) is 5.88 Å². The van der Waals surface area contributed by atoms with Gasteiger partial charge in [-0.2, -0.15) is 10.2 Å². The van der Waals surface area contributed by atoms with Crippen LogP contribution in [0.1, 0.15) is 35.6 Å². The van der Waals surface area contributed by atoms with E-state index in [0.29, 0.717) is 23.4 Å². The second-order valence-corrected chi connectivity index (χ2v) is 7.55. The van der Waals surface area contributed by atoms with Crippen molar-refractivity contribution in [1.29, 1.82) is 5.26 Å². The van der Waals surface area contributed by atoms with E-state index in [1.165, 1.54) is 5.56 Å². The molecule has 1 aliphatic heterocycles. The van der Waals surface area contributed by atoms with Gasteiger partial charge in [-0.3, -0.25) is 0 Å². The van der Waals surface area contributed by atoms with Crippen LogP contribution in [-0.4, -0.2) is 25.2 Å². The molecule has 2 heterocycles. The van der Waals surface area contributed by atoms with Crippen LogP contribution < -0.4 is 9.64 Å². The molecule has 0 atom stereocenters. The third-order valence-electron chi connectivity index (χ3n) is 5.51. The molecule has 0 N–H and O–H groups in total. The van der Waals surface area contributed by atoms with E-state index in [2.05, 4.69) is 46.3 Å². The van der Waals surface area contributed by atoms with E-state index in [0.717, 1.165) is 43.7 Å². The lowest BCUT2D eigenvalue weighted by Gasteiger charge is -2.31. The second kappa shape index (κ2) is 9.32. The summed E-state index contributed by atoms with van der Waals surface area (Å²) in [6, 6.07) is 20.6. The van der Waals surface area contributed by atoms with Gasteiger partial charge in [-0.15, -0.1) is 0 Å². The lowest BCUT2D eigenvalue weighted by Crippen LogP contribution is -2.34. The van der Waals surface area contributed by atoms with Gasteiger partial charge in [0.05, 0.1) is 7.11 Å². The van der Waals surface area contributed by atoms with Crippen molar-refractivity contribution < 1.29 is 9.15 Å². The molecule has 1 fully saturated rings. The van der Waals surface area contributed by atoms with Gasteiger partial charge in [-0.05, 0) is 54.5 Å². The Morgan fingerprint density at radius 2 is 1.93 bits per heavy atom. The Bertz CT molecular complexity index is 1040. The summed E-state index contributed by atoms with van der Waals surface area (Å²) < 4.78 is 11.2. The molecule has 1 aliphatic rings. The summed E-state index contributed by atoms with van der Waals surface area (Å²) in [5.41, 5.74) is 2.72. The molecule has 0 bridgehead atoms. The fraction of sp³-hybridized carbons (Fsp3) is 0.280. The zero-order valence-corrected chi connectivity index (χ0v) is 17.1. The molecule has 0 aliphatic carbocycles. The lowest BCUT2D eigenvalue weighted by atomic mass is 9.90.